The highest BCUT2D eigenvalue weighted by molar-refractivity contribution is 5.98. The fraction of sp³-hybridized carbons (Fsp3) is 0.200. The highest BCUT2D eigenvalue weighted by Gasteiger charge is 2.08. The zero-order chi connectivity index (χ0) is 12.1. The topological polar surface area (TPSA) is 94.8 Å². The summed E-state index contributed by atoms with van der Waals surface area (Å²) in [5, 5.41) is 17.8. The lowest BCUT2D eigenvalue weighted by Gasteiger charge is -2.03. The average Bonchev–Trinajstić information content (AvgIpc) is 2.25. The molecule has 0 spiro atoms. The van der Waals surface area contributed by atoms with Gasteiger partial charge in [-0.1, -0.05) is 5.22 Å². The molecule has 0 aliphatic rings. The molecule has 0 saturated carbocycles. The molecule has 0 aliphatic heterocycles. The summed E-state index contributed by atoms with van der Waals surface area (Å²) in [6, 6.07) is 6.40. The summed E-state index contributed by atoms with van der Waals surface area (Å²) < 4.78 is 0. The van der Waals surface area contributed by atoms with Gasteiger partial charge in [0, 0.05) is 14.1 Å². The Morgan fingerprint density at radius 2 is 2.19 bits per heavy atom. The van der Waals surface area contributed by atoms with Crippen LogP contribution in [-0.2, 0) is 0 Å². The van der Waals surface area contributed by atoms with E-state index in [4.69, 9.17) is 11.0 Å². The van der Waals surface area contributed by atoms with Gasteiger partial charge in [0.15, 0.2) is 0 Å². The summed E-state index contributed by atoms with van der Waals surface area (Å²) in [7, 11) is 3.41. The van der Waals surface area contributed by atoms with Gasteiger partial charge in [0.2, 0.25) is 0 Å². The van der Waals surface area contributed by atoms with Gasteiger partial charge in [-0.2, -0.15) is 5.26 Å². The molecule has 6 nitrogen and oxygen atoms in total. The van der Waals surface area contributed by atoms with E-state index in [0.29, 0.717) is 11.3 Å². The Kier molecular flexibility index (Phi) is 3.56. The second-order valence-electron chi connectivity index (χ2n) is 3.24. The first-order valence-electron chi connectivity index (χ1n) is 4.47. The van der Waals surface area contributed by atoms with Crippen LogP contribution in [-0.4, -0.2) is 25.0 Å². The van der Waals surface area contributed by atoms with Crippen molar-refractivity contribution in [2.24, 2.45) is 16.1 Å². The molecule has 2 N–H and O–H groups in total. The number of rotatable bonds is 3. The third kappa shape index (κ3) is 2.78. The second kappa shape index (κ2) is 4.89. The number of benzene rings is 1. The minimum atomic E-state index is -0.634. The number of nitrogens with two attached hydrogens (primary N) is 1. The van der Waals surface area contributed by atoms with Crippen molar-refractivity contribution >= 4 is 11.6 Å². The van der Waals surface area contributed by atoms with Gasteiger partial charge in [0.05, 0.1) is 17.2 Å². The predicted molar refractivity (Wildman–Crippen MR) is 57.9 cm³/mol. The molecule has 1 rings (SSSR count). The summed E-state index contributed by atoms with van der Waals surface area (Å²) in [6.45, 7) is 0. The first-order chi connectivity index (χ1) is 7.54. The fourth-order valence-corrected chi connectivity index (χ4v) is 1.03. The van der Waals surface area contributed by atoms with Gasteiger partial charge in [0.25, 0.3) is 5.91 Å². The van der Waals surface area contributed by atoms with Crippen molar-refractivity contribution in [1.29, 1.82) is 5.26 Å². The zero-order valence-electron chi connectivity index (χ0n) is 9.01. The Labute approximate surface area is 93.0 Å². The van der Waals surface area contributed by atoms with Gasteiger partial charge in [-0.05, 0) is 18.2 Å². The number of carbonyl (C=O) groups is 1. The van der Waals surface area contributed by atoms with Crippen LogP contribution in [0.5, 0.6) is 0 Å². The van der Waals surface area contributed by atoms with Crippen molar-refractivity contribution in [3.8, 4) is 6.07 Å². The van der Waals surface area contributed by atoms with Gasteiger partial charge in [-0.3, -0.25) is 9.80 Å². The zero-order valence-corrected chi connectivity index (χ0v) is 9.01. The molecule has 1 aromatic rings. The molecular weight excluding hydrogens is 206 g/mol. The Bertz CT molecular complexity index is 473. The van der Waals surface area contributed by atoms with Crippen LogP contribution in [0.2, 0.25) is 0 Å². The van der Waals surface area contributed by atoms with Crippen molar-refractivity contribution in [2.75, 3.05) is 14.1 Å². The van der Waals surface area contributed by atoms with Crippen molar-refractivity contribution < 1.29 is 4.79 Å². The first-order valence-corrected chi connectivity index (χ1v) is 4.47. The minimum absolute atomic E-state index is 0.185. The van der Waals surface area contributed by atoms with E-state index in [-0.39, 0.29) is 5.56 Å². The molecule has 1 amide bonds. The van der Waals surface area contributed by atoms with Gasteiger partial charge >= 0.3 is 0 Å². The van der Waals surface area contributed by atoms with Crippen LogP contribution in [0, 0.1) is 11.3 Å². The van der Waals surface area contributed by atoms with E-state index in [1.165, 1.54) is 17.1 Å². The predicted octanol–water partition coefficient (Wildman–Crippen LogP) is 1.22. The normalized spacial score (nSPS) is 10.1. The molecule has 0 aliphatic carbocycles. The molecule has 0 heterocycles. The van der Waals surface area contributed by atoms with Crippen LogP contribution < -0.4 is 5.73 Å². The van der Waals surface area contributed by atoms with Crippen molar-refractivity contribution in [3.05, 3.63) is 29.3 Å². The molecule has 1 aromatic carbocycles. The maximum Gasteiger partial charge on any atom is 0.251 e. The highest BCUT2D eigenvalue weighted by atomic mass is 16.1. The van der Waals surface area contributed by atoms with E-state index in [1.807, 2.05) is 6.07 Å². The molecule has 0 atom stereocenters. The maximum absolute atomic E-state index is 11.1. The van der Waals surface area contributed by atoms with Crippen LogP contribution >= 0.6 is 0 Å². The number of hydrogen-bond donors (Lipinski definition) is 1. The Morgan fingerprint density at radius 3 is 2.69 bits per heavy atom. The van der Waals surface area contributed by atoms with Crippen LogP contribution in [0.15, 0.2) is 28.5 Å². The number of nitrogens with zero attached hydrogens (tertiary/aromatic N) is 4. The molecule has 0 bridgehead atoms. The van der Waals surface area contributed by atoms with E-state index < -0.39 is 5.91 Å². The van der Waals surface area contributed by atoms with Crippen LogP contribution in [0.1, 0.15) is 15.9 Å². The Hall–Kier alpha value is -2.42. The van der Waals surface area contributed by atoms with Gasteiger partial charge in [-0.15, -0.1) is 5.11 Å². The number of hydrogen-bond acceptors (Lipinski definition) is 4. The second-order valence-corrected chi connectivity index (χ2v) is 3.24. The summed E-state index contributed by atoms with van der Waals surface area (Å²) in [6.07, 6.45) is 0. The third-order valence-electron chi connectivity index (χ3n) is 1.72. The summed E-state index contributed by atoms with van der Waals surface area (Å²) in [4.78, 5) is 11.1. The highest BCUT2D eigenvalue weighted by Crippen LogP contribution is 2.20. The lowest BCUT2D eigenvalue weighted by molar-refractivity contribution is 0.100. The molecule has 0 unspecified atom stereocenters. The van der Waals surface area contributed by atoms with Gasteiger partial charge in [0.1, 0.15) is 5.69 Å². The standard InChI is InChI=1S/C10H11N5O/c1-15(2)14-13-9-4-3-7(6-11)5-8(9)10(12)16/h3-5H,1-2H3,(H2,12,16). The number of amides is 1. The number of nitriles is 1. The van der Waals surface area contributed by atoms with E-state index in [9.17, 15) is 4.79 Å². The van der Waals surface area contributed by atoms with Crippen LogP contribution in [0.25, 0.3) is 0 Å². The maximum atomic E-state index is 11.1. The molecule has 16 heavy (non-hydrogen) atoms. The lowest BCUT2D eigenvalue weighted by Crippen LogP contribution is -2.11. The monoisotopic (exact) mass is 217 g/mol. The molecule has 6 heteroatoms. The van der Waals surface area contributed by atoms with Gasteiger partial charge in [-0.25, -0.2) is 0 Å². The fourth-order valence-electron chi connectivity index (χ4n) is 1.03. The number of carbonyl (C=O) groups excluding carboxylic acids is 1. The average molecular weight is 217 g/mol. The Morgan fingerprint density at radius 1 is 1.50 bits per heavy atom. The molecule has 0 radical (unpaired) electrons. The third-order valence-corrected chi connectivity index (χ3v) is 1.72. The molecular formula is C10H11N5O. The summed E-state index contributed by atoms with van der Waals surface area (Å²) in [5.74, 6) is -0.634. The van der Waals surface area contributed by atoms with E-state index >= 15 is 0 Å². The van der Waals surface area contributed by atoms with Crippen molar-refractivity contribution in [1.82, 2.24) is 5.01 Å². The Balaban J connectivity index is 3.19. The number of primary amides is 1. The minimum Gasteiger partial charge on any atom is -0.366 e. The van der Waals surface area contributed by atoms with Crippen molar-refractivity contribution in [3.63, 3.8) is 0 Å². The summed E-state index contributed by atoms with van der Waals surface area (Å²) >= 11 is 0. The molecule has 0 saturated heterocycles. The molecule has 0 aromatic heterocycles. The van der Waals surface area contributed by atoms with Crippen molar-refractivity contribution in [2.45, 2.75) is 0 Å². The smallest absolute Gasteiger partial charge is 0.251 e. The molecule has 0 fully saturated rings. The lowest BCUT2D eigenvalue weighted by atomic mass is 10.1. The van der Waals surface area contributed by atoms with E-state index in [0.717, 1.165) is 0 Å². The summed E-state index contributed by atoms with van der Waals surface area (Å²) in [5.41, 5.74) is 6.07. The van der Waals surface area contributed by atoms with E-state index in [2.05, 4.69) is 10.3 Å². The van der Waals surface area contributed by atoms with Crippen LogP contribution in [0.3, 0.4) is 0 Å². The largest absolute Gasteiger partial charge is 0.366 e. The molecule has 82 valence electrons. The van der Waals surface area contributed by atoms with Gasteiger partial charge < -0.3 is 5.73 Å². The SMILES string of the molecule is CN(C)N=Nc1ccc(C#N)cc1C(N)=O. The quantitative estimate of drug-likeness (QED) is 0.609. The van der Waals surface area contributed by atoms with Crippen LogP contribution in [0.4, 0.5) is 5.69 Å². The first kappa shape index (κ1) is 11.7. The van der Waals surface area contributed by atoms with E-state index in [1.54, 1.807) is 20.2 Å².